The topological polar surface area (TPSA) is 87.1 Å². The Morgan fingerprint density at radius 1 is 1.40 bits per heavy atom. The lowest BCUT2D eigenvalue weighted by atomic mass is 9.76. The standard InChI is InChI=1S/C14H25NO5/c1-10(16)8-14(11(17)18)6-5-7-15(9-14)12(19)20-13(2,3)4/h10,16H,5-9H2,1-4H3,(H,17,18). The first-order chi connectivity index (χ1) is 9.06. The van der Waals surface area contributed by atoms with E-state index < -0.39 is 29.2 Å². The number of amides is 1. The van der Waals surface area contributed by atoms with Gasteiger partial charge in [0.05, 0.1) is 11.5 Å². The molecule has 1 aliphatic rings. The van der Waals surface area contributed by atoms with Crippen molar-refractivity contribution in [2.24, 2.45) is 5.41 Å². The highest BCUT2D eigenvalue weighted by molar-refractivity contribution is 5.77. The number of nitrogens with zero attached hydrogens (tertiary/aromatic N) is 1. The third-order valence-corrected chi connectivity index (χ3v) is 3.37. The van der Waals surface area contributed by atoms with E-state index in [4.69, 9.17) is 4.74 Å². The molecule has 0 aliphatic carbocycles. The number of rotatable bonds is 3. The molecule has 20 heavy (non-hydrogen) atoms. The quantitative estimate of drug-likeness (QED) is 0.827. The first-order valence-corrected chi connectivity index (χ1v) is 6.95. The lowest BCUT2D eigenvalue weighted by molar-refractivity contribution is -0.154. The molecule has 0 saturated carbocycles. The Hall–Kier alpha value is -1.30. The van der Waals surface area contributed by atoms with Crippen molar-refractivity contribution in [2.75, 3.05) is 13.1 Å². The SMILES string of the molecule is CC(O)CC1(C(=O)O)CCCN(C(=O)OC(C)(C)C)C1. The zero-order valence-electron chi connectivity index (χ0n) is 12.7. The monoisotopic (exact) mass is 287 g/mol. The molecule has 0 radical (unpaired) electrons. The van der Waals surface area contributed by atoms with Crippen LogP contribution in [0.25, 0.3) is 0 Å². The zero-order chi connectivity index (χ0) is 15.6. The Labute approximate surface area is 119 Å². The van der Waals surface area contributed by atoms with Crippen LogP contribution in [0.2, 0.25) is 0 Å². The van der Waals surface area contributed by atoms with Gasteiger partial charge in [-0.3, -0.25) is 4.79 Å². The number of ether oxygens (including phenoxy) is 1. The maximum atomic E-state index is 12.1. The number of carbonyl (C=O) groups is 2. The average Bonchev–Trinajstić information content (AvgIpc) is 2.25. The third kappa shape index (κ3) is 4.37. The fourth-order valence-corrected chi connectivity index (χ4v) is 2.61. The second kappa shape index (κ2) is 5.99. The number of aliphatic hydroxyl groups excluding tert-OH is 1. The Balaban J connectivity index is 2.82. The maximum Gasteiger partial charge on any atom is 0.410 e. The highest BCUT2D eigenvalue weighted by Gasteiger charge is 2.45. The molecule has 2 N–H and O–H groups in total. The summed E-state index contributed by atoms with van der Waals surface area (Å²) in [4.78, 5) is 25.1. The fraction of sp³-hybridized carbons (Fsp3) is 0.857. The molecule has 0 spiro atoms. The number of aliphatic carboxylic acids is 1. The molecule has 2 unspecified atom stereocenters. The molecule has 116 valence electrons. The number of carboxylic acid groups (broad SMARTS) is 1. The first-order valence-electron chi connectivity index (χ1n) is 6.95. The van der Waals surface area contributed by atoms with Gasteiger partial charge in [-0.15, -0.1) is 0 Å². The molecule has 1 heterocycles. The number of carboxylic acids is 1. The Kier molecular flexibility index (Phi) is 5.02. The predicted molar refractivity (Wildman–Crippen MR) is 73.4 cm³/mol. The predicted octanol–water partition coefficient (Wildman–Crippen LogP) is 1.86. The lowest BCUT2D eigenvalue weighted by Crippen LogP contribution is -2.52. The maximum absolute atomic E-state index is 12.1. The van der Waals surface area contributed by atoms with Crippen LogP contribution in [0.5, 0.6) is 0 Å². The molecule has 0 bridgehead atoms. The highest BCUT2D eigenvalue weighted by Crippen LogP contribution is 2.35. The Morgan fingerprint density at radius 2 is 2.00 bits per heavy atom. The van der Waals surface area contributed by atoms with Crippen molar-refractivity contribution in [1.82, 2.24) is 4.90 Å². The van der Waals surface area contributed by atoms with Gasteiger partial charge in [0, 0.05) is 13.1 Å². The number of hydrogen-bond donors (Lipinski definition) is 2. The van der Waals surface area contributed by atoms with E-state index in [0.29, 0.717) is 19.4 Å². The minimum atomic E-state index is -1.08. The molecule has 0 aromatic heterocycles. The molecule has 1 aliphatic heterocycles. The number of hydrogen-bond acceptors (Lipinski definition) is 4. The van der Waals surface area contributed by atoms with E-state index >= 15 is 0 Å². The molecule has 6 nitrogen and oxygen atoms in total. The van der Waals surface area contributed by atoms with Gasteiger partial charge < -0.3 is 19.8 Å². The molecular weight excluding hydrogens is 262 g/mol. The Bertz CT molecular complexity index is 374. The van der Waals surface area contributed by atoms with Crippen LogP contribution in [0.1, 0.15) is 47.0 Å². The summed E-state index contributed by atoms with van der Waals surface area (Å²) in [5.74, 6) is -0.966. The molecule has 0 aromatic carbocycles. The van der Waals surface area contributed by atoms with Crippen molar-refractivity contribution in [3.8, 4) is 0 Å². The van der Waals surface area contributed by atoms with Crippen LogP contribution in [-0.2, 0) is 9.53 Å². The number of aliphatic hydroxyl groups is 1. The summed E-state index contributed by atoms with van der Waals surface area (Å²) in [6, 6.07) is 0. The van der Waals surface area contributed by atoms with E-state index in [0.717, 1.165) is 0 Å². The van der Waals surface area contributed by atoms with Crippen LogP contribution in [0.3, 0.4) is 0 Å². The summed E-state index contributed by atoms with van der Waals surface area (Å²) >= 11 is 0. The largest absolute Gasteiger partial charge is 0.481 e. The number of piperidine rings is 1. The molecular formula is C14H25NO5. The van der Waals surface area contributed by atoms with Gasteiger partial charge in [-0.2, -0.15) is 0 Å². The van der Waals surface area contributed by atoms with E-state index in [1.54, 1.807) is 27.7 Å². The molecule has 2 atom stereocenters. The summed E-state index contributed by atoms with van der Waals surface area (Å²) in [5.41, 5.74) is -1.69. The van der Waals surface area contributed by atoms with E-state index in [-0.39, 0.29) is 13.0 Å². The van der Waals surface area contributed by atoms with Gasteiger partial charge in [-0.25, -0.2) is 4.79 Å². The normalized spacial score (nSPS) is 25.1. The van der Waals surface area contributed by atoms with Crippen LogP contribution < -0.4 is 0 Å². The van der Waals surface area contributed by atoms with Crippen molar-refractivity contribution >= 4 is 12.1 Å². The van der Waals surface area contributed by atoms with Crippen LogP contribution in [0, 0.1) is 5.41 Å². The van der Waals surface area contributed by atoms with Gasteiger partial charge in [0.25, 0.3) is 0 Å². The van der Waals surface area contributed by atoms with E-state index in [1.165, 1.54) is 4.90 Å². The number of likely N-dealkylation sites (tertiary alicyclic amines) is 1. The van der Waals surface area contributed by atoms with Crippen molar-refractivity contribution < 1.29 is 24.5 Å². The minimum absolute atomic E-state index is 0.0855. The van der Waals surface area contributed by atoms with Crippen molar-refractivity contribution in [1.29, 1.82) is 0 Å². The Morgan fingerprint density at radius 3 is 2.45 bits per heavy atom. The lowest BCUT2D eigenvalue weighted by Gasteiger charge is -2.40. The van der Waals surface area contributed by atoms with Crippen molar-refractivity contribution in [3.63, 3.8) is 0 Å². The van der Waals surface area contributed by atoms with Gasteiger partial charge >= 0.3 is 12.1 Å². The van der Waals surface area contributed by atoms with E-state index in [1.807, 2.05) is 0 Å². The second-order valence-corrected chi connectivity index (χ2v) is 6.64. The van der Waals surface area contributed by atoms with Gasteiger partial charge in [0.2, 0.25) is 0 Å². The second-order valence-electron chi connectivity index (χ2n) is 6.64. The molecule has 1 rings (SSSR count). The van der Waals surface area contributed by atoms with Crippen molar-refractivity contribution in [3.05, 3.63) is 0 Å². The summed E-state index contributed by atoms with van der Waals surface area (Å²) in [5, 5.41) is 19.0. The van der Waals surface area contributed by atoms with Gasteiger partial charge in [-0.05, 0) is 47.0 Å². The van der Waals surface area contributed by atoms with Crippen LogP contribution in [0.4, 0.5) is 4.79 Å². The summed E-state index contributed by atoms with van der Waals surface area (Å²) in [6.07, 6.45) is -0.00927. The third-order valence-electron chi connectivity index (χ3n) is 3.37. The van der Waals surface area contributed by atoms with Crippen LogP contribution >= 0.6 is 0 Å². The fourth-order valence-electron chi connectivity index (χ4n) is 2.61. The summed E-state index contributed by atoms with van der Waals surface area (Å²) in [6.45, 7) is 7.46. The smallest absolute Gasteiger partial charge is 0.410 e. The summed E-state index contributed by atoms with van der Waals surface area (Å²) in [7, 11) is 0. The number of carbonyl (C=O) groups excluding carboxylic acids is 1. The van der Waals surface area contributed by atoms with Gasteiger partial charge in [0.1, 0.15) is 5.60 Å². The van der Waals surface area contributed by atoms with Crippen LogP contribution in [0.15, 0.2) is 0 Å². The zero-order valence-corrected chi connectivity index (χ0v) is 12.7. The minimum Gasteiger partial charge on any atom is -0.481 e. The molecule has 1 saturated heterocycles. The van der Waals surface area contributed by atoms with Gasteiger partial charge in [-0.1, -0.05) is 0 Å². The van der Waals surface area contributed by atoms with Crippen molar-refractivity contribution in [2.45, 2.75) is 58.7 Å². The summed E-state index contributed by atoms with van der Waals surface area (Å²) < 4.78 is 5.29. The van der Waals surface area contributed by atoms with E-state index in [9.17, 15) is 19.8 Å². The molecule has 6 heteroatoms. The highest BCUT2D eigenvalue weighted by atomic mass is 16.6. The molecule has 1 amide bonds. The van der Waals surface area contributed by atoms with Crippen LogP contribution in [-0.4, -0.2) is 52.0 Å². The first kappa shape index (κ1) is 16.8. The molecule has 1 fully saturated rings. The van der Waals surface area contributed by atoms with E-state index in [2.05, 4.69) is 0 Å². The van der Waals surface area contributed by atoms with Gasteiger partial charge in [0.15, 0.2) is 0 Å². The molecule has 0 aromatic rings. The average molecular weight is 287 g/mol.